The summed E-state index contributed by atoms with van der Waals surface area (Å²) in [6, 6.07) is 0. The first-order valence-corrected chi connectivity index (χ1v) is 7.24. The van der Waals surface area contributed by atoms with Crippen molar-refractivity contribution >= 4 is 35.4 Å². The maximum Gasteiger partial charge on any atom is 0.328 e. The summed E-state index contributed by atoms with van der Waals surface area (Å²) in [6.07, 6.45) is 0. The van der Waals surface area contributed by atoms with Gasteiger partial charge in [-0.3, -0.25) is 9.59 Å². The van der Waals surface area contributed by atoms with Crippen molar-refractivity contribution in [2.45, 2.75) is 38.8 Å². The summed E-state index contributed by atoms with van der Waals surface area (Å²) in [5.41, 5.74) is 7.07. The summed E-state index contributed by atoms with van der Waals surface area (Å²) < 4.78 is 0. The Labute approximate surface area is 148 Å². The Morgan fingerprint density at radius 2 is 1.04 bits per heavy atom. The van der Waals surface area contributed by atoms with E-state index in [2.05, 4.69) is 20.6 Å². The summed E-state index contributed by atoms with van der Waals surface area (Å²) in [5.74, 6) is -5.44. The first-order valence-electron chi connectivity index (χ1n) is 7.24. The van der Waals surface area contributed by atoms with Crippen LogP contribution in [0.25, 0.3) is 0 Å². The largest absolute Gasteiger partial charge is 0.480 e. The van der Waals surface area contributed by atoms with Crippen molar-refractivity contribution in [1.82, 2.24) is 20.6 Å². The van der Waals surface area contributed by atoms with E-state index >= 15 is 0 Å². The molecule has 0 aliphatic heterocycles. The van der Waals surface area contributed by atoms with Gasteiger partial charge in [0.1, 0.15) is 11.1 Å². The Morgan fingerprint density at radius 1 is 0.769 bits per heavy atom. The lowest BCUT2D eigenvalue weighted by Gasteiger charge is -2.22. The van der Waals surface area contributed by atoms with Crippen LogP contribution < -0.4 is 22.1 Å². The summed E-state index contributed by atoms with van der Waals surface area (Å²) in [5, 5.41) is 22.4. The number of carboxylic acid groups (broad SMARTS) is 2. The van der Waals surface area contributed by atoms with Gasteiger partial charge in [0.15, 0.2) is 23.0 Å². The van der Waals surface area contributed by atoms with Crippen LogP contribution in [0.5, 0.6) is 0 Å². The molecule has 1 aromatic rings. The SMILES string of the molecule is CC(C)(NC(=O)c1nc(N)c(C(=O)NC(C)(C)C(=O)O)nc1N)C(=O)O. The predicted octanol–water partition coefficient (Wildman–Crippen LogP) is -1.17. The molecule has 0 saturated carbocycles. The molecule has 0 spiro atoms. The zero-order valence-corrected chi connectivity index (χ0v) is 14.6. The van der Waals surface area contributed by atoms with Gasteiger partial charge in [-0.15, -0.1) is 0 Å². The van der Waals surface area contributed by atoms with Gasteiger partial charge in [0.2, 0.25) is 0 Å². The van der Waals surface area contributed by atoms with Crippen LogP contribution in [0.3, 0.4) is 0 Å². The van der Waals surface area contributed by atoms with E-state index in [0.717, 1.165) is 0 Å². The fourth-order valence-corrected chi connectivity index (χ4v) is 1.59. The van der Waals surface area contributed by atoms with Gasteiger partial charge in [0.05, 0.1) is 0 Å². The standard InChI is InChI=1S/C14H20N6O6/c1-13(2,11(23)24)19-9(21)5-7(15)18-6(8(16)17-5)10(22)20-14(3,4)12(25)26/h1-4H3,(H2,16,17)(H2,15,18)(H,19,21)(H,20,22)(H,23,24)(H,25,26). The third-order valence-electron chi connectivity index (χ3n) is 3.30. The summed E-state index contributed by atoms with van der Waals surface area (Å²) in [7, 11) is 0. The number of nitrogens with one attached hydrogen (secondary N) is 2. The van der Waals surface area contributed by atoms with Crippen LogP contribution in [0.2, 0.25) is 0 Å². The minimum atomic E-state index is -1.61. The minimum absolute atomic E-state index is 0.467. The van der Waals surface area contributed by atoms with Crippen molar-refractivity contribution in [3.05, 3.63) is 11.4 Å². The molecule has 12 nitrogen and oxygen atoms in total. The van der Waals surface area contributed by atoms with Crippen LogP contribution in [0.4, 0.5) is 11.6 Å². The second-order valence-electron chi connectivity index (χ2n) is 6.46. The molecule has 0 atom stereocenters. The fourth-order valence-electron chi connectivity index (χ4n) is 1.59. The molecule has 142 valence electrons. The van der Waals surface area contributed by atoms with E-state index in [1.807, 2.05) is 0 Å². The molecule has 1 heterocycles. The molecule has 0 aliphatic carbocycles. The molecule has 0 fully saturated rings. The number of carboxylic acids is 2. The third kappa shape index (κ3) is 4.34. The van der Waals surface area contributed by atoms with E-state index in [-0.39, 0.29) is 0 Å². The van der Waals surface area contributed by atoms with Gasteiger partial charge in [0.25, 0.3) is 11.8 Å². The maximum atomic E-state index is 12.1. The lowest BCUT2D eigenvalue weighted by atomic mass is 10.1. The summed E-state index contributed by atoms with van der Waals surface area (Å²) in [4.78, 5) is 53.8. The van der Waals surface area contributed by atoms with E-state index in [1.165, 1.54) is 27.7 Å². The number of hydrogen-bond acceptors (Lipinski definition) is 8. The van der Waals surface area contributed by atoms with Crippen molar-refractivity contribution in [2.24, 2.45) is 0 Å². The predicted molar refractivity (Wildman–Crippen MR) is 89.2 cm³/mol. The molecule has 0 radical (unpaired) electrons. The topological polar surface area (TPSA) is 211 Å². The number of carbonyl (C=O) groups is 4. The summed E-state index contributed by atoms with van der Waals surface area (Å²) >= 11 is 0. The smallest absolute Gasteiger partial charge is 0.328 e. The molecule has 8 N–H and O–H groups in total. The first kappa shape index (κ1) is 20.6. The van der Waals surface area contributed by atoms with Crippen LogP contribution in [-0.4, -0.2) is 55.0 Å². The highest BCUT2D eigenvalue weighted by Crippen LogP contribution is 2.16. The van der Waals surface area contributed by atoms with E-state index in [4.69, 9.17) is 21.7 Å². The Hall–Kier alpha value is -3.44. The normalized spacial score (nSPS) is 11.5. The van der Waals surface area contributed by atoms with Gasteiger partial charge < -0.3 is 32.3 Å². The van der Waals surface area contributed by atoms with Gasteiger partial charge in [-0.1, -0.05) is 0 Å². The highest BCUT2D eigenvalue weighted by molar-refractivity contribution is 6.03. The van der Waals surface area contributed by atoms with Crippen molar-refractivity contribution < 1.29 is 29.4 Å². The Bertz CT molecular complexity index is 723. The quantitative estimate of drug-likeness (QED) is 0.354. The van der Waals surface area contributed by atoms with E-state index in [1.54, 1.807) is 0 Å². The highest BCUT2D eigenvalue weighted by atomic mass is 16.4. The fraction of sp³-hybridized carbons (Fsp3) is 0.429. The lowest BCUT2D eigenvalue weighted by Crippen LogP contribution is -2.50. The van der Waals surface area contributed by atoms with Crippen LogP contribution in [0.15, 0.2) is 0 Å². The van der Waals surface area contributed by atoms with E-state index in [9.17, 15) is 19.2 Å². The van der Waals surface area contributed by atoms with Gasteiger partial charge >= 0.3 is 11.9 Å². The van der Waals surface area contributed by atoms with Gasteiger partial charge in [-0.2, -0.15) is 0 Å². The van der Waals surface area contributed by atoms with Gasteiger partial charge in [-0.05, 0) is 27.7 Å². The van der Waals surface area contributed by atoms with Crippen LogP contribution in [0, 0.1) is 0 Å². The monoisotopic (exact) mass is 368 g/mol. The third-order valence-corrected chi connectivity index (χ3v) is 3.30. The van der Waals surface area contributed by atoms with Crippen LogP contribution in [0.1, 0.15) is 48.7 Å². The average Bonchev–Trinajstić information content (AvgIpc) is 2.47. The number of carbonyl (C=O) groups excluding carboxylic acids is 2. The van der Waals surface area contributed by atoms with Gasteiger partial charge in [0, 0.05) is 0 Å². The minimum Gasteiger partial charge on any atom is -0.480 e. The zero-order chi connectivity index (χ0) is 20.4. The molecular formula is C14H20N6O6. The number of aliphatic carboxylic acids is 2. The van der Waals surface area contributed by atoms with Crippen LogP contribution in [-0.2, 0) is 9.59 Å². The molecule has 0 unspecified atom stereocenters. The highest BCUT2D eigenvalue weighted by Gasteiger charge is 2.33. The second kappa shape index (κ2) is 6.82. The number of amides is 2. The Morgan fingerprint density at radius 3 is 1.27 bits per heavy atom. The molecule has 2 amide bonds. The second-order valence-corrected chi connectivity index (χ2v) is 6.46. The lowest BCUT2D eigenvalue weighted by molar-refractivity contribution is -0.143. The first-order chi connectivity index (χ1) is 11.7. The van der Waals surface area contributed by atoms with Crippen molar-refractivity contribution in [2.75, 3.05) is 11.5 Å². The average molecular weight is 368 g/mol. The summed E-state index contributed by atoms with van der Waals surface area (Å²) in [6.45, 7) is 4.98. The molecule has 0 aromatic carbocycles. The molecule has 0 aliphatic rings. The zero-order valence-electron chi connectivity index (χ0n) is 14.6. The molecule has 1 rings (SSSR count). The van der Waals surface area contributed by atoms with E-state index in [0.29, 0.717) is 0 Å². The Balaban J connectivity index is 3.16. The molecule has 1 aromatic heterocycles. The number of rotatable bonds is 6. The molecule has 26 heavy (non-hydrogen) atoms. The molecule has 12 heteroatoms. The maximum absolute atomic E-state index is 12.1. The number of aromatic nitrogens is 2. The number of nitrogen functional groups attached to an aromatic ring is 2. The van der Waals surface area contributed by atoms with Crippen molar-refractivity contribution in [1.29, 1.82) is 0 Å². The number of anilines is 2. The number of nitrogens with zero attached hydrogens (tertiary/aromatic N) is 2. The van der Waals surface area contributed by atoms with Crippen molar-refractivity contribution in [3.63, 3.8) is 0 Å². The van der Waals surface area contributed by atoms with Crippen LogP contribution >= 0.6 is 0 Å². The molecule has 0 bridgehead atoms. The molecule has 0 saturated heterocycles. The number of hydrogen-bond donors (Lipinski definition) is 6. The van der Waals surface area contributed by atoms with E-state index < -0.39 is 57.9 Å². The Kier molecular flexibility index (Phi) is 5.40. The molecular weight excluding hydrogens is 348 g/mol. The van der Waals surface area contributed by atoms with Gasteiger partial charge in [-0.25, -0.2) is 19.6 Å². The number of nitrogens with two attached hydrogens (primary N) is 2. The van der Waals surface area contributed by atoms with Crippen molar-refractivity contribution in [3.8, 4) is 0 Å².